The molecule has 0 aliphatic heterocycles. The Bertz CT molecular complexity index is 698. The van der Waals surface area contributed by atoms with E-state index in [0.29, 0.717) is 12.1 Å². The summed E-state index contributed by atoms with van der Waals surface area (Å²) in [6.45, 7) is 6.37. The first kappa shape index (κ1) is 18.7. The van der Waals surface area contributed by atoms with Crippen molar-refractivity contribution in [3.8, 4) is 0 Å². The number of carbonyl (C=O) groups excluding carboxylic acids is 2. The van der Waals surface area contributed by atoms with Crippen LogP contribution in [0.15, 0.2) is 54.6 Å². The summed E-state index contributed by atoms with van der Waals surface area (Å²) in [6, 6.07) is 17.4. The number of nitrogens with zero attached hydrogens (tertiary/aromatic N) is 1. The summed E-state index contributed by atoms with van der Waals surface area (Å²) in [7, 11) is 0. The third kappa shape index (κ3) is 6.07. The molecule has 0 heterocycles. The Morgan fingerprint density at radius 1 is 1.00 bits per heavy atom. The molecule has 2 aromatic rings. The van der Waals surface area contributed by atoms with E-state index >= 15 is 0 Å². The Kier molecular flexibility index (Phi) is 7.20. The van der Waals surface area contributed by atoms with Crippen LogP contribution in [0.3, 0.4) is 0 Å². The predicted octanol–water partition coefficient (Wildman–Crippen LogP) is 3.60. The van der Waals surface area contributed by atoms with E-state index in [1.165, 1.54) is 5.56 Å². The van der Waals surface area contributed by atoms with E-state index in [-0.39, 0.29) is 24.5 Å². The first-order chi connectivity index (χ1) is 12.1. The first-order valence-electron chi connectivity index (χ1n) is 8.76. The Morgan fingerprint density at radius 3 is 2.44 bits per heavy atom. The molecule has 0 bridgehead atoms. The molecule has 25 heavy (non-hydrogen) atoms. The van der Waals surface area contributed by atoms with Crippen molar-refractivity contribution in [2.45, 2.75) is 26.7 Å². The van der Waals surface area contributed by atoms with Crippen LogP contribution >= 0.6 is 0 Å². The fourth-order valence-corrected chi connectivity index (χ4v) is 2.71. The average Bonchev–Trinajstić information content (AvgIpc) is 2.64. The van der Waals surface area contributed by atoms with E-state index < -0.39 is 0 Å². The van der Waals surface area contributed by atoms with Gasteiger partial charge in [-0.1, -0.05) is 42.5 Å². The van der Waals surface area contributed by atoms with Crippen LogP contribution in [0.2, 0.25) is 0 Å². The zero-order valence-electron chi connectivity index (χ0n) is 15.0. The molecule has 0 aliphatic rings. The molecule has 0 saturated heterocycles. The molecule has 0 unspecified atom stereocenters. The lowest BCUT2D eigenvalue weighted by Gasteiger charge is -2.23. The summed E-state index contributed by atoms with van der Waals surface area (Å²) in [6.07, 6.45) is 0.468. The van der Waals surface area contributed by atoms with E-state index in [4.69, 9.17) is 0 Å². The first-order valence-corrected chi connectivity index (χ1v) is 8.76. The van der Waals surface area contributed by atoms with Gasteiger partial charge in [-0.15, -0.1) is 0 Å². The number of aryl methyl sites for hydroxylation is 1. The van der Waals surface area contributed by atoms with Crippen molar-refractivity contribution in [2.24, 2.45) is 0 Å². The lowest BCUT2D eigenvalue weighted by atomic mass is 10.1. The molecule has 1 N–H and O–H groups in total. The van der Waals surface area contributed by atoms with Crippen molar-refractivity contribution in [3.63, 3.8) is 0 Å². The number of likely N-dealkylation sites (N-methyl/N-ethyl adjacent to an activating group) is 1. The van der Waals surface area contributed by atoms with E-state index in [9.17, 15) is 9.59 Å². The van der Waals surface area contributed by atoms with Gasteiger partial charge in [-0.2, -0.15) is 0 Å². The van der Waals surface area contributed by atoms with Gasteiger partial charge < -0.3 is 10.2 Å². The zero-order valence-corrected chi connectivity index (χ0v) is 15.0. The number of amides is 1. The summed E-state index contributed by atoms with van der Waals surface area (Å²) in [5.74, 6) is -0.0738. The monoisotopic (exact) mass is 338 g/mol. The van der Waals surface area contributed by atoms with Crippen LogP contribution in [-0.4, -0.2) is 31.3 Å². The van der Waals surface area contributed by atoms with E-state index in [1.807, 2.05) is 24.3 Å². The van der Waals surface area contributed by atoms with E-state index in [0.717, 1.165) is 18.8 Å². The second-order valence-corrected chi connectivity index (χ2v) is 6.06. The molecular weight excluding hydrogens is 312 g/mol. The number of benzene rings is 2. The topological polar surface area (TPSA) is 49.4 Å². The number of carbonyl (C=O) groups is 2. The van der Waals surface area contributed by atoms with Crippen LogP contribution in [0, 0.1) is 6.92 Å². The fourth-order valence-electron chi connectivity index (χ4n) is 2.71. The maximum Gasteiger partial charge on any atom is 0.220 e. The van der Waals surface area contributed by atoms with Gasteiger partial charge in [0.15, 0.2) is 5.78 Å². The molecule has 4 heteroatoms. The van der Waals surface area contributed by atoms with Crippen molar-refractivity contribution >= 4 is 17.4 Å². The van der Waals surface area contributed by atoms with Crippen LogP contribution in [0.4, 0.5) is 5.69 Å². The molecule has 0 saturated carbocycles. The zero-order chi connectivity index (χ0) is 18.1. The molecule has 0 aromatic heterocycles. The highest BCUT2D eigenvalue weighted by Gasteiger charge is 2.09. The summed E-state index contributed by atoms with van der Waals surface area (Å²) in [5, 5.41) is 2.91. The van der Waals surface area contributed by atoms with Crippen molar-refractivity contribution in [1.82, 2.24) is 5.32 Å². The standard InChI is InChI=1S/C21H26N2O2/c1-3-23(19-11-7-8-17(2)16-19)15-14-22-21(25)13-12-20(24)18-9-5-4-6-10-18/h4-11,16H,3,12-15H2,1-2H3,(H,22,25). The minimum Gasteiger partial charge on any atom is -0.370 e. The normalized spacial score (nSPS) is 10.3. The van der Waals surface area contributed by atoms with Gasteiger partial charge in [-0.05, 0) is 31.5 Å². The average molecular weight is 338 g/mol. The molecular formula is C21H26N2O2. The third-order valence-electron chi connectivity index (χ3n) is 4.13. The number of hydrogen-bond acceptors (Lipinski definition) is 3. The molecule has 0 spiro atoms. The second kappa shape index (κ2) is 9.62. The number of nitrogens with one attached hydrogen (secondary N) is 1. The van der Waals surface area contributed by atoms with Gasteiger partial charge in [0.2, 0.25) is 5.91 Å². The lowest BCUT2D eigenvalue weighted by Crippen LogP contribution is -2.35. The minimum atomic E-state index is -0.0791. The van der Waals surface area contributed by atoms with Gasteiger partial charge in [0.1, 0.15) is 0 Å². The molecule has 0 aliphatic carbocycles. The van der Waals surface area contributed by atoms with Gasteiger partial charge in [0, 0.05) is 43.7 Å². The smallest absolute Gasteiger partial charge is 0.220 e. The Morgan fingerprint density at radius 2 is 1.76 bits per heavy atom. The highest BCUT2D eigenvalue weighted by atomic mass is 16.2. The highest BCUT2D eigenvalue weighted by molar-refractivity contribution is 5.97. The van der Waals surface area contributed by atoms with Crippen LogP contribution in [0.1, 0.15) is 35.7 Å². The lowest BCUT2D eigenvalue weighted by molar-refractivity contribution is -0.121. The summed E-state index contributed by atoms with van der Waals surface area (Å²) in [5.41, 5.74) is 3.04. The molecule has 0 fully saturated rings. The summed E-state index contributed by atoms with van der Waals surface area (Å²) < 4.78 is 0. The van der Waals surface area contributed by atoms with Gasteiger partial charge in [0.25, 0.3) is 0 Å². The largest absolute Gasteiger partial charge is 0.370 e. The maximum absolute atomic E-state index is 12.0. The Labute approximate surface area is 149 Å². The quantitative estimate of drug-likeness (QED) is 0.711. The summed E-state index contributed by atoms with van der Waals surface area (Å²) >= 11 is 0. The Hall–Kier alpha value is -2.62. The predicted molar refractivity (Wildman–Crippen MR) is 102 cm³/mol. The van der Waals surface area contributed by atoms with Gasteiger partial charge in [0.05, 0.1) is 0 Å². The SMILES string of the molecule is CCN(CCNC(=O)CCC(=O)c1ccccc1)c1cccc(C)c1. The van der Waals surface area contributed by atoms with Crippen molar-refractivity contribution in [1.29, 1.82) is 0 Å². The molecule has 0 atom stereocenters. The van der Waals surface area contributed by atoms with Gasteiger partial charge in [-0.3, -0.25) is 9.59 Å². The number of rotatable bonds is 9. The van der Waals surface area contributed by atoms with E-state index in [2.05, 4.69) is 42.3 Å². The van der Waals surface area contributed by atoms with Crippen LogP contribution < -0.4 is 10.2 Å². The number of anilines is 1. The number of Topliss-reactive ketones (excluding diaryl/α,β-unsaturated/α-hetero) is 1. The molecule has 2 aromatic carbocycles. The third-order valence-corrected chi connectivity index (χ3v) is 4.13. The van der Waals surface area contributed by atoms with E-state index in [1.54, 1.807) is 12.1 Å². The minimum absolute atomic E-state index is 0.00527. The number of hydrogen-bond donors (Lipinski definition) is 1. The maximum atomic E-state index is 12.0. The molecule has 1 amide bonds. The van der Waals surface area contributed by atoms with Gasteiger partial charge in [-0.25, -0.2) is 0 Å². The second-order valence-electron chi connectivity index (χ2n) is 6.06. The van der Waals surface area contributed by atoms with Crippen molar-refractivity contribution < 1.29 is 9.59 Å². The van der Waals surface area contributed by atoms with Crippen molar-refractivity contribution in [3.05, 3.63) is 65.7 Å². The summed E-state index contributed by atoms with van der Waals surface area (Å²) in [4.78, 5) is 26.2. The van der Waals surface area contributed by atoms with Crippen LogP contribution in [0.25, 0.3) is 0 Å². The fraction of sp³-hybridized carbons (Fsp3) is 0.333. The van der Waals surface area contributed by atoms with Crippen molar-refractivity contribution in [2.75, 3.05) is 24.5 Å². The van der Waals surface area contributed by atoms with Gasteiger partial charge >= 0.3 is 0 Å². The number of ketones is 1. The van der Waals surface area contributed by atoms with Crippen LogP contribution in [-0.2, 0) is 4.79 Å². The highest BCUT2D eigenvalue weighted by Crippen LogP contribution is 2.15. The molecule has 4 nitrogen and oxygen atoms in total. The van der Waals surface area contributed by atoms with Crippen LogP contribution in [0.5, 0.6) is 0 Å². The molecule has 0 radical (unpaired) electrons. The molecule has 132 valence electrons. The molecule has 2 rings (SSSR count). The Balaban J connectivity index is 1.73.